The topological polar surface area (TPSA) is 83.2 Å². The number of anilines is 1. The van der Waals surface area contributed by atoms with Gasteiger partial charge < -0.3 is 20.4 Å². The molecule has 0 spiro atoms. The first-order valence-electron chi connectivity index (χ1n) is 8.85. The average Bonchev–Trinajstić information content (AvgIpc) is 2.95. The molecule has 0 aliphatic carbocycles. The summed E-state index contributed by atoms with van der Waals surface area (Å²) in [6.07, 6.45) is 0.0519. The minimum Gasteiger partial charge on any atom is -0.495 e. The van der Waals surface area contributed by atoms with Crippen LogP contribution in [0, 0.1) is 19.7 Å². The third kappa shape index (κ3) is 4.31. The standard InChI is InChI=1S/C21H22FN3O3/c1-12-4-7-19(28-3)18(8-12)25-21(27)11-23-20(26)10-15-13(2)24-17-6-5-14(22)9-16(15)17/h4-9,24H,10-11H2,1-3H3,(H,23,26)(H,25,27). The van der Waals surface area contributed by atoms with Crippen molar-refractivity contribution in [1.82, 2.24) is 10.3 Å². The van der Waals surface area contributed by atoms with Gasteiger partial charge in [-0.1, -0.05) is 6.07 Å². The van der Waals surface area contributed by atoms with E-state index in [1.165, 1.54) is 19.2 Å². The Kier molecular flexibility index (Phi) is 5.63. The maximum Gasteiger partial charge on any atom is 0.243 e. The van der Waals surface area contributed by atoms with Crippen molar-refractivity contribution in [2.75, 3.05) is 19.0 Å². The predicted octanol–water partition coefficient (Wildman–Crippen LogP) is 3.23. The van der Waals surface area contributed by atoms with Gasteiger partial charge in [-0.15, -0.1) is 0 Å². The quantitative estimate of drug-likeness (QED) is 0.611. The number of carbonyl (C=O) groups is 2. The molecule has 0 saturated heterocycles. The second-order valence-corrected chi connectivity index (χ2v) is 6.62. The van der Waals surface area contributed by atoms with Crippen molar-refractivity contribution in [2.45, 2.75) is 20.3 Å². The number of H-pyrrole nitrogens is 1. The van der Waals surface area contributed by atoms with Crippen LogP contribution < -0.4 is 15.4 Å². The number of aromatic amines is 1. The molecule has 3 N–H and O–H groups in total. The smallest absolute Gasteiger partial charge is 0.243 e. The molecule has 0 unspecified atom stereocenters. The van der Waals surface area contributed by atoms with E-state index in [1.54, 1.807) is 18.2 Å². The number of hydrogen-bond donors (Lipinski definition) is 3. The Balaban J connectivity index is 1.62. The minimum atomic E-state index is -0.362. The summed E-state index contributed by atoms with van der Waals surface area (Å²) in [5, 5.41) is 6.00. The number of carbonyl (C=O) groups excluding carboxylic acids is 2. The summed E-state index contributed by atoms with van der Waals surface area (Å²) in [5.41, 5.74) is 3.80. The SMILES string of the molecule is COc1ccc(C)cc1NC(=O)CNC(=O)Cc1c(C)[nH]c2ccc(F)cc12. The Labute approximate surface area is 162 Å². The number of methoxy groups -OCH3 is 1. The largest absolute Gasteiger partial charge is 0.495 e. The summed E-state index contributed by atoms with van der Waals surface area (Å²) < 4.78 is 18.8. The van der Waals surface area contributed by atoms with Crippen LogP contribution in [0.25, 0.3) is 10.9 Å². The minimum absolute atomic E-state index is 0.0519. The molecule has 0 fully saturated rings. The van der Waals surface area contributed by atoms with Crippen LogP contribution in [0.1, 0.15) is 16.8 Å². The van der Waals surface area contributed by atoms with E-state index in [0.29, 0.717) is 22.4 Å². The number of halogens is 1. The van der Waals surface area contributed by atoms with Gasteiger partial charge in [0.1, 0.15) is 11.6 Å². The Morgan fingerprint density at radius 2 is 1.89 bits per heavy atom. The molecule has 2 aromatic carbocycles. The summed E-state index contributed by atoms with van der Waals surface area (Å²) in [6.45, 7) is 3.56. The molecule has 6 nitrogen and oxygen atoms in total. The second-order valence-electron chi connectivity index (χ2n) is 6.62. The molecule has 1 aromatic heterocycles. The lowest BCUT2D eigenvalue weighted by molar-refractivity contribution is -0.123. The Morgan fingerprint density at radius 3 is 2.64 bits per heavy atom. The highest BCUT2D eigenvalue weighted by Crippen LogP contribution is 2.25. The first-order chi connectivity index (χ1) is 13.4. The lowest BCUT2D eigenvalue weighted by Crippen LogP contribution is -2.34. The molecule has 0 aliphatic rings. The van der Waals surface area contributed by atoms with Gasteiger partial charge in [-0.3, -0.25) is 9.59 Å². The molecule has 0 radical (unpaired) electrons. The van der Waals surface area contributed by atoms with Crippen molar-refractivity contribution in [3.05, 3.63) is 59.0 Å². The number of aryl methyl sites for hydroxylation is 2. The van der Waals surface area contributed by atoms with Crippen molar-refractivity contribution in [2.24, 2.45) is 0 Å². The van der Waals surface area contributed by atoms with E-state index < -0.39 is 0 Å². The molecule has 0 atom stereocenters. The van der Waals surface area contributed by atoms with Gasteiger partial charge in [-0.05, 0) is 55.3 Å². The number of aromatic nitrogens is 1. The highest BCUT2D eigenvalue weighted by Gasteiger charge is 2.14. The number of rotatable bonds is 6. The van der Waals surface area contributed by atoms with E-state index in [4.69, 9.17) is 4.74 Å². The molecular formula is C21H22FN3O3. The molecule has 146 valence electrons. The van der Waals surface area contributed by atoms with Crippen molar-refractivity contribution in [1.29, 1.82) is 0 Å². The van der Waals surface area contributed by atoms with Gasteiger partial charge in [0.05, 0.1) is 25.8 Å². The molecule has 7 heteroatoms. The lowest BCUT2D eigenvalue weighted by atomic mass is 10.1. The fourth-order valence-electron chi connectivity index (χ4n) is 3.10. The second kappa shape index (κ2) is 8.12. The molecule has 0 saturated carbocycles. The Morgan fingerprint density at radius 1 is 1.11 bits per heavy atom. The van der Waals surface area contributed by atoms with E-state index in [2.05, 4.69) is 15.6 Å². The number of hydrogen-bond acceptors (Lipinski definition) is 3. The number of fused-ring (bicyclic) bond motifs is 1. The summed E-state index contributed by atoms with van der Waals surface area (Å²) in [6, 6.07) is 9.85. The van der Waals surface area contributed by atoms with Crippen LogP contribution in [0.5, 0.6) is 5.75 Å². The van der Waals surface area contributed by atoms with Gasteiger partial charge in [0, 0.05) is 16.6 Å². The van der Waals surface area contributed by atoms with Crippen LogP contribution in [0.3, 0.4) is 0 Å². The summed E-state index contributed by atoms with van der Waals surface area (Å²) in [4.78, 5) is 27.6. The first kappa shape index (κ1) is 19.4. The third-order valence-electron chi connectivity index (χ3n) is 4.49. The number of nitrogens with one attached hydrogen (secondary N) is 3. The van der Waals surface area contributed by atoms with Crippen LogP contribution in [0.15, 0.2) is 36.4 Å². The third-order valence-corrected chi connectivity index (χ3v) is 4.49. The lowest BCUT2D eigenvalue weighted by Gasteiger charge is -2.11. The molecular weight excluding hydrogens is 361 g/mol. The van der Waals surface area contributed by atoms with E-state index in [0.717, 1.165) is 16.8 Å². The fraction of sp³-hybridized carbons (Fsp3) is 0.238. The molecule has 3 rings (SSSR count). The summed E-state index contributed by atoms with van der Waals surface area (Å²) in [5.74, 6) is -0.500. The Bertz CT molecular complexity index is 1040. The average molecular weight is 383 g/mol. The van der Waals surface area contributed by atoms with Gasteiger partial charge in [0.2, 0.25) is 11.8 Å². The molecule has 28 heavy (non-hydrogen) atoms. The van der Waals surface area contributed by atoms with Crippen LogP contribution in [0.4, 0.5) is 10.1 Å². The molecule has 1 heterocycles. The molecule has 0 aliphatic heterocycles. The molecule has 3 aromatic rings. The zero-order valence-corrected chi connectivity index (χ0v) is 16.0. The van der Waals surface area contributed by atoms with Crippen molar-refractivity contribution in [3.8, 4) is 5.75 Å². The van der Waals surface area contributed by atoms with E-state index in [1.807, 2.05) is 19.9 Å². The summed E-state index contributed by atoms with van der Waals surface area (Å²) >= 11 is 0. The maximum absolute atomic E-state index is 13.5. The normalized spacial score (nSPS) is 10.7. The van der Waals surface area contributed by atoms with E-state index >= 15 is 0 Å². The van der Waals surface area contributed by atoms with Gasteiger partial charge in [-0.2, -0.15) is 0 Å². The first-order valence-corrected chi connectivity index (χ1v) is 8.85. The van der Waals surface area contributed by atoms with Gasteiger partial charge in [0.25, 0.3) is 0 Å². The van der Waals surface area contributed by atoms with E-state index in [9.17, 15) is 14.0 Å². The fourth-order valence-corrected chi connectivity index (χ4v) is 3.10. The monoisotopic (exact) mass is 383 g/mol. The summed E-state index contributed by atoms with van der Waals surface area (Å²) in [7, 11) is 1.52. The van der Waals surface area contributed by atoms with Crippen molar-refractivity contribution in [3.63, 3.8) is 0 Å². The van der Waals surface area contributed by atoms with Crippen LogP contribution in [-0.4, -0.2) is 30.5 Å². The number of ether oxygens (including phenoxy) is 1. The van der Waals surface area contributed by atoms with Crippen LogP contribution in [0.2, 0.25) is 0 Å². The Hall–Kier alpha value is -3.35. The zero-order valence-electron chi connectivity index (χ0n) is 16.0. The van der Waals surface area contributed by atoms with Crippen LogP contribution >= 0.6 is 0 Å². The van der Waals surface area contributed by atoms with Gasteiger partial charge in [-0.25, -0.2) is 4.39 Å². The number of benzene rings is 2. The number of amides is 2. The van der Waals surface area contributed by atoms with Gasteiger partial charge in [0.15, 0.2) is 0 Å². The predicted molar refractivity (Wildman–Crippen MR) is 106 cm³/mol. The van der Waals surface area contributed by atoms with Crippen molar-refractivity contribution < 1.29 is 18.7 Å². The highest BCUT2D eigenvalue weighted by molar-refractivity contribution is 5.96. The van der Waals surface area contributed by atoms with E-state index in [-0.39, 0.29) is 30.6 Å². The van der Waals surface area contributed by atoms with Crippen molar-refractivity contribution >= 4 is 28.4 Å². The zero-order chi connectivity index (χ0) is 20.3. The van der Waals surface area contributed by atoms with Crippen LogP contribution in [-0.2, 0) is 16.0 Å². The molecule has 0 bridgehead atoms. The maximum atomic E-state index is 13.5. The highest BCUT2D eigenvalue weighted by atomic mass is 19.1. The molecule has 2 amide bonds. The van der Waals surface area contributed by atoms with Gasteiger partial charge >= 0.3 is 0 Å².